The van der Waals surface area contributed by atoms with E-state index >= 15 is 0 Å². The molecule has 1 N–H and O–H groups in total. The molecule has 0 amide bonds. The highest BCUT2D eigenvalue weighted by Crippen LogP contribution is 2.05. The first-order chi connectivity index (χ1) is 7.59. The van der Waals surface area contributed by atoms with Gasteiger partial charge in [0.05, 0.1) is 5.69 Å². The molecular formula is C8H5FN4O3. The number of nitrogens with zero attached hydrogens (tertiary/aromatic N) is 4. The quantitative estimate of drug-likeness (QED) is 0.693. The van der Waals surface area contributed by atoms with Crippen molar-refractivity contribution < 1.29 is 14.3 Å². The van der Waals surface area contributed by atoms with Gasteiger partial charge in [-0.15, -0.1) is 0 Å². The smallest absolute Gasteiger partial charge is 0.438 e. The van der Waals surface area contributed by atoms with Crippen molar-refractivity contribution >= 4 is 6.09 Å². The highest BCUT2D eigenvalue weighted by atomic mass is 19.1. The van der Waals surface area contributed by atoms with Crippen LogP contribution in [0, 0.1) is 5.82 Å². The first-order valence-electron chi connectivity index (χ1n) is 4.14. The van der Waals surface area contributed by atoms with Gasteiger partial charge in [-0.25, -0.2) is 14.0 Å². The number of carbonyl (C=O) groups is 1. The van der Waals surface area contributed by atoms with E-state index in [1.807, 2.05) is 0 Å². The predicted octanol–water partition coefficient (Wildman–Crippen LogP) is 0.0942. The molecule has 0 spiro atoms. The maximum atomic E-state index is 12.9. The van der Waals surface area contributed by atoms with E-state index in [1.165, 1.54) is 18.2 Å². The average Bonchev–Trinajstić information content (AvgIpc) is 2.60. The molecule has 0 aliphatic rings. The lowest BCUT2D eigenvalue weighted by Gasteiger charge is -1.96. The molecule has 0 bridgehead atoms. The molecule has 2 rings (SSSR count). The minimum atomic E-state index is -1.55. The molecule has 82 valence electrons. The first-order valence-corrected chi connectivity index (χ1v) is 4.14. The van der Waals surface area contributed by atoms with E-state index < -0.39 is 17.6 Å². The Labute approximate surface area is 87.3 Å². The van der Waals surface area contributed by atoms with Gasteiger partial charge in [-0.05, 0) is 28.6 Å². The summed E-state index contributed by atoms with van der Waals surface area (Å²) in [6, 6.07) is 5.01. The zero-order valence-electron chi connectivity index (χ0n) is 7.74. The van der Waals surface area contributed by atoms with E-state index in [0.717, 1.165) is 6.07 Å². The maximum Gasteiger partial charge on any atom is 0.438 e. The minimum absolute atomic E-state index is 0.109. The first kappa shape index (κ1) is 10.0. The fourth-order valence-electron chi connectivity index (χ4n) is 1.14. The highest BCUT2D eigenvalue weighted by Gasteiger charge is 2.13. The zero-order chi connectivity index (χ0) is 11.7. The molecular weight excluding hydrogens is 219 g/mol. The highest BCUT2D eigenvalue weighted by molar-refractivity contribution is 5.66. The van der Waals surface area contributed by atoms with Gasteiger partial charge in [0.2, 0.25) is 0 Å². The molecule has 0 atom stereocenters. The summed E-state index contributed by atoms with van der Waals surface area (Å²) in [5.41, 5.74) is -0.865. The number of benzene rings is 1. The van der Waals surface area contributed by atoms with Crippen LogP contribution in [-0.2, 0) is 0 Å². The van der Waals surface area contributed by atoms with E-state index in [9.17, 15) is 14.0 Å². The average molecular weight is 224 g/mol. The van der Waals surface area contributed by atoms with Gasteiger partial charge in [0.1, 0.15) is 5.82 Å². The molecule has 1 aromatic carbocycles. The molecule has 1 aromatic heterocycles. The van der Waals surface area contributed by atoms with Crippen molar-refractivity contribution in [1.82, 2.24) is 19.8 Å². The van der Waals surface area contributed by atoms with E-state index in [-0.39, 0.29) is 10.4 Å². The number of halogens is 1. The van der Waals surface area contributed by atoms with Gasteiger partial charge in [0.15, 0.2) is 0 Å². The van der Waals surface area contributed by atoms with Crippen LogP contribution in [-0.4, -0.2) is 31.0 Å². The third-order valence-electron chi connectivity index (χ3n) is 1.82. The largest absolute Gasteiger partial charge is 0.463 e. The second-order valence-corrected chi connectivity index (χ2v) is 2.85. The number of rotatable bonds is 1. The van der Waals surface area contributed by atoms with Crippen LogP contribution in [0.3, 0.4) is 0 Å². The molecule has 16 heavy (non-hydrogen) atoms. The second-order valence-electron chi connectivity index (χ2n) is 2.85. The lowest BCUT2D eigenvalue weighted by Crippen LogP contribution is -2.28. The van der Waals surface area contributed by atoms with Crippen LogP contribution in [0.4, 0.5) is 9.18 Å². The van der Waals surface area contributed by atoms with Crippen LogP contribution in [0.2, 0.25) is 0 Å². The summed E-state index contributed by atoms with van der Waals surface area (Å²) in [5.74, 6) is -0.561. The standard InChI is InChI=1S/C8H5FN4O3/c9-5-2-1-3-6(4-5)12-7(14)13(8(15)16)11-10-12/h1-4H,(H,15,16). The van der Waals surface area contributed by atoms with E-state index in [1.54, 1.807) is 0 Å². The Morgan fingerprint density at radius 2 is 2.12 bits per heavy atom. The fraction of sp³-hybridized carbons (Fsp3) is 0. The Morgan fingerprint density at radius 3 is 2.69 bits per heavy atom. The molecule has 0 aliphatic carbocycles. The van der Waals surface area contributed by atoms with Crippen LogP contribution in [0.25, 0.3) is 5.69 Å². The molecule has 1 heterocycles. The molecule has 0 saturated heterocycles. The summed E-state index contributed by atoms with van der Waals surface area (Å²) < 4.78 is 13.7. The van der Waals surface area contributed by atoms with Crippen LogP contribution in [0.15, 0.2) is 29.1 Å². The Hall–Kier alpha value is -2.51. The summed E-state index contributed by atoms with van der Waals surface area (Å²) in [6.07, 6.45) is -1.55. The zero-order valence-corrected chi connectivity index (χ0v) is 7.74. The van der Waals surface area contributed by atoms with Gasteiger partial charge in [0, 0.05) is 0 Å². The molecule has 7 nitrogen and oxygen atoms in total. The van der Waals surface area contributed by atoms with Gasteiger partial charge in [-0.3, -0.25) is 0 Å². The van der Waals surface area contributed by atoms with Gasteiger partial charge in [-0.2, -0.15) is 4.68 Å². The van der Waals surface area contributed by atoms with Crippen molar-refractivity contribution in [2.75, 3.05) is 0 Å². The van der Waals surface area contributed by atoms with Crippen molar-refractivity contribution in [2.45, 2.75) is 0 Å². The van der Waals surface area contributed by atoms with Crippen LogP contribution in [0.1, 0.15) is 0 Å². The lowest BCUT2D eigenvalue weighted by atomic mass is 10.3. The normalized spacial score (nSPS) is 10.3. The fourth-order valence-corrected chi connectivity index (χ4v) is 1.14. The van der Waals surface area contributed by atoms with E-state index in [4.69, 9.17) is 5.11 Å². The van der Waals surface area contributed by atoms with Gasteiger partial charge >= 0.3 is 11.8 Å². The van der Waals surface area contributed by atoms with Crippen molar-refractivity contribution in [3.05, 3.63) is 40.6 Å². The van der Waals surface area contributed by atoms with Crippen molar-refractivity contribution in [2.24, 2.45) is 0 Å². The molecule has 0 unspecified atom stereocenters. The van der Waals surface area contributed by atoms with Crippen LogP contribution in [0.5, 0.6) is 0 Å². The summed E-state index contributed by atoms with van der Waals surface area (Å²) in [6.45, 7) is 0. The molecule has 0 fully saturated rings. The van der Waals surface area contributed by atoms with Gasteiger partial charge in [-0.1, -0.05) is 10.7 Å². The Kier molecular flexibility index (Phi) is 2.24. The van der Waals surface area contributed by atoms with Gasteiger partial charge in [0.25, 0.3) is 0 Å². The summed E-state index contributed by atoms with van der Waals surface area (Å²) in [5, 5.41) is 15.0. The number of carboxylic acid groups (broad SMARTS) is 1. The second kappa shape index (κ2) is 3.57. The van der Waals surface area contributed by atoms with Gasteiger partial charge < -0.3 is 5.11 Å². The van der Waals surface area contributed by atoms with E-state index in [0.29, 0.717) is 4.68 Å². The van der Waals surface area contributed by atoms with Crippen LogP contribution < -0.4 is 5.69 Å². The number of tetrazole rings is 1. The molecule has 2 aromatic rings. The minimum Gasteiger partial charge on any atom is -0.463 e. The third kappa shape index (κ3) is 1.56. The van der Waals surface area contributed by atoms with Crippen LogP contribution >= 0.6 is 0 Å². The van der Waals surface area contributed by atoms with Crippen molar-refractivity contribution in [1.29, 1.82) is 0 Å². The molecule has 0 aliphatic heterocycles. The third-order valence-corrected chi connectivity index (χ3v) is 1.82. The molecule has 0 radical (unpaired) electrons. The lowest BCUT2D eigenvalue weighted by molar-refractivity contribution is 0.191. The number of hydrogen-bond donors (Lipinski definition) is 1. The summed E-state index contributed by atoms with van der Waals surface area (Å²) in [4.78, 5) is 21.9. The SMILES string of the molecule is O=C(O)n1nnn(-c2cccc(F)c2)c1=O. The summed E-state index contributed by atoms with van der Waals surface area (Å²) in [7, 11) is 0. The molecule has 0 saturated carbocycles. The summed E-state index contributed by atoms with van der Waals surface area (Å²) >= 11 is 0. The van der Waals surface area contributed by atoms with Crippen molar-refractivity contribution in [3.63, 3.8) is 0 Å². The number of hydrogen-bond acceptors (Lipinski definition) is 4. The Morgan fingerprint density at radius 1 is 1.38 bits per heavy atom. The monoisotopic (exact) mass is 224 g/mol. The topological polar surface area (TPSA) is 90.0 Å². The van der Waals surface area contributed by atoms with Crippen molar-refractivity contribution in [3.8, 4) is 5.69 Å². The Balaban J connectivity index is 2.58. The predicted molar refractivity (Wildman–Crippen MR) is 49.0 cm³/mol. The Bertz CT molecular complexity index is 603. The number of aromatic nitrogens is 4. The maximum absolute atomic E-state index is 12.9. The van der Waals surface area contributed by atoms with E-state index in [2.05, 4.69) is 10.4 Å². The molecule has 8 heteroatoms.